The zero-order valence-corrected chi connectivity index (χ0v) is 4.78. The van der Waals surface area contributed by atoms with E-state index in [0.717, 1.165) is 0 Å². The molecule has 0 fully saturated rings. The van der Waals surface area contributed by atoms with Crippen molar-refractivity contribution in [1.29, 1.82) is 0 Å². The Morgan fingerprint density at radius 3 is 2.29 bits per heavy atom. The molecule has 7 heavy (non-hydrogen) atoms. The van der Waals surface area contributed by atoms with E-state index in [2.05, 4.69) is 4.74 Å². The molecule has 44 valence electrons. The minimum absolute atomic E-state index is 0.452. The van der Waals surface area contributed by atoms with Gasteiger partial charge in [-0.05, 0) is 6.92 Å². The molecule has 0 aromatic heterocycles. The average molecular weight is 106 g/mol. The van der Waals surface area contributed by atoms with Gasteiger partial charge >= 0.3 is 0 Å². The van der Waals surface area contributed by atoms with Gasteiger partial charge in [-0.1, -0.05) is 6.92 Å². The van der Waals surface area contributed by atoms with Crippen molar-refractivity contribution in [3.63, 3.8) is 0 Å². The van der Waals surface area contributed by atoms with E-state index in [1.807, 2.05) is 0 Å². The van der Waals surface area contributed by atoms with Crippen LogP contribution >= 0.6 is 0 Å². The summed E-state index contributed by atoms with van der Waals surface area (Å²) in [7, 11) is 0. The van der Waals surface area contributed by atoms with Crippen molar-refractivity contribution in [2.75, 3.05) is 6.61 Å². The quantitative estimate of drug-likeness (QED) is 0.532. The van der Waals surface area contributed by atoms with Crippen LogP contribution < -0.4 is 0 Å². The minimum atomic E-state index is -1.05. The number of hydrogen-bond donors (Lipinski definition) is 0. The van der Waals surface area contributed by atoms with Gasteiger partial charge in [0.15, 0.2) is 6.36 Å². The Bertz CT molecular complexity index is 39.1. The first kappa shape index (κ1) is 6.89. The Morgan fingerprint density at radius 1 is 1.57 bits per heavy atom. The van der Waals surface area contributed by atoms with E-state index in [1.165, 1.54) is 0 Å². The molecule has 0 bridgehead atoms. The molecule has 0 amide bonds. The third-order valence-corrected chi connectivity index (χ3v) is 0.668. The summed E-state index contributed by atoms with van der Waals surface area (Å²) in [5, 5.41) is 0. The van der Waals surface area contributed by atoms with Crippen LogP contribution in [0.4, 0.5) is 4.39 Å². The largest absolute Gasteiger partial charge is 0.348 e. The first-order valence-corrected chi connectivity index (χ1v) is 2.57. The minimum Gasteiger partial charge on any atom is -0.348 e. The van der Waals surface area contributed by atoms with Crippen molar-refractivity contribution in [1.82, 2.24) is 0 Å². The molecule has 1 unspecified atom stereocenters. The van der Waals surface area contributed by atoms with Crippen molar-refractivity contribution >= 4 is 0 Å². The van der Waals surface area contributed by atoms with Crippen molar-refractivity contribution in [2.45, 2.75) is 26.6 Å². The van der Waals surface area contributed by atoms with Gasteiger partial charge in [-0.3, -0.25) is 0 Å². The fraction of sp³-hybridized carbons (Fsp3) is 1.00. The monoisotopic (exact) mass is 106 g/mol. The van der Waals surface area contributed by atoms with Crippen molar-refractivity contribution in [3.8, 4) is 0 Å². The lowest BCUT2D eigenvalue weighted by molar-refractivity contribution is -0.0338. The lowest BCUT2D eigenvalue weighted by atomic mass is 10.5. The summed E-state index contributed by atoms with van der Waals surface area (Å²) in [6, 6.07) is 0. The number of alkyl halides is 1. The van der Waals surface area contributed by atoms with Crippen LogP contribution in [0, 0.1) is 0 Å². The Morgan fingerprint density at radius 2 is 2.14 bits per heavy atom. The highest BCUT2D eigenvalue weighted by molar-refractivity contribution is 4.30. The average Bonchev–Trinajstić information content (AvgIpc) is 1.68. The summed E-state index contributed by atoms with van der Waals surface area (Å²) < 4.78 is 16.4. The lowest BCUT2D eigenvalue weighted by Crippen LogP contribution is -2.02. The van der Waals surface area contributed by atoms with Gasteiger partial charge in [0.1, 0.15) is 0 Å². The second kappa shape index (κ2) is 4.06. The molecule has 0 saturated heterocycles. The molecule has 0 aliphatic rings. The molecule has 0 heterocycles. The van der Waals surface area contributed by atoms with Crippen LogP contribution in [0.15, 0.2) is 0 Å². The topological polar surface area (TPSA) is 9.23 Å². The molecule has 0 saturated carbocycles. The normalized spacial score (nSPS) is 14.1. The molecule has 0 aliphatic heterocycles. The molecule has 0 aliphatic carbocycles. The van der Waals surface area contributed by atoms with Crippen LogP contribution in [-0.4, -0.2) is 13.0 Å². The Balaban J connectivity index is 2.83. The fourth-order valence-corrected chi connectivity index (χ4v) is 0.299. The Labute approximate surface area is 43.5 Å². The molecule has 2 heteroatoms. The Kier molecular flexibility index (Phi) is 4.00. The molecule has 0 aromatic rings. The van der Waals surface area contributed by atoms with E-state index in [4.69, 9.17) is 0 Å². The molecule has 1 atom stereocenters. The molecule has 0 rings (SSSR count). The lowest BCUT2D eigenvalue weighted by Gasteiger charge is -2.01. The maximum atomic E-state index is 11.9. The third-order valence-electron chi connectivity index (χ3n) is 0.668. The number of rotatable bonds is 3. The van der Waals surface area contributed by atoms with Crippen LogP contribution in [0.25, 0.3) is 0 Å². The summed E-state index contributed by atoms with van der Waals surface area (Å²) in [6.45, 7) is 4.00. The van der Waals surface area contributed by atoms with Gasteiger partial charge in [-0.2, -0.15) is 0 Å². The van der Waals surface area contributed by atoms with Gasteiger partial charge in [0, 0.05) is 13.0 Å². The van der Waals surface area contributed by atoms with Gasteiger partial charge < -0.3 is 4.74 Å². The predicted octanol–water partition coefficient (Wildman–Crippen LogP) is 1.73. The molecular weight excluding hydrogens is 95.1 g/mol. The van der Waals surface area contributed by atoms with Crippen LogP contribution in [0.2, 0.25) is 0 Å². The van der Waals surface area contributed by atoms with Gasteiger partial charge in [0.25, 0.3) is 0 Å². The standard InChI is InChI=1S/C5H11FO/c1-3-5(6)7-4-2/h5H,3-4H2,1-2H3. The highest BCUT2D eigenvalue weighted by Gasteiger charge is 1.96. The van der Waals surface area contributed by atoms with E-state index in [0.29, 0.717) is 13.0 Å². The summed E-state index contributed by atoms with van der Waals surface area (Å²) in [5.41, 5.74) is 0. The van der Waals surface area contributed by atoms with Crippen LogP contribution in [0.1, 0.15) is 20.3 Å². The predicted molar refractivity (Wildman–Crippen MR) is 26.8 cm³/mol. The van der Waals surface area contributed by atoms with E-state index >= 15 is 0 Å². The maximum Gasteiger partial charge on any atom is 0.198 e. The summed E-state index contributed by atoms with van der Waals surface area (Å²) in [6.07, 6.45) is -0.599. The summed E-state index contributed by atoms with van der Waals surface area (Å²) in [5.74, 6) is 0. The summed E-state index contributed by atoms with van der Waals surface area (Å²) >= 11 is 0. The zero-order chi connectivity index (χ0) is 5.70. The van der Waals surface area contributed by atoms with E-state index in [1.54, 1.807) is 13.8 Å². The van der Waals surface area contributed by atoms with E-state index in [-0.39, 0.29) is 0 Å². The van der Waals surface area contributed by atoms with Crippen LogP contribution in [-0.2, 0) is 4.74 Å². The van der Waals surface area contributed by atoms with Crippen molar-refractivity contribution in [3.05, 3.63) is 0 Å². The highest BCUT2D eigenvalue weighted by Crippen LogP contribution is 1.96. The van der Waals surface area contributed by atoms with E-state index in [9.17, 15) is 4.39 Å². The highest BCUT2D eigenvalue weighted by atomic mass is 19.1. The van der Waals surface area contributed by atoms with Gasteiger partial charge in [-0.15, -0.1) is 0 Å². The van der Waals surface area contributed by atoms with Crippen LogP contribution in [0.3, 0.4) is 0 Å². The second-order valence-corrected chi connectivity index (χ2v) is 1.27. The van der Waals surface area contributed by atoms with Gasteiger partial charge in [-0.25, -0.2) is 4.39 Å². The number of hydrogen-bond acceptors (Lipinski definition) is 1. The SMILES string of the molecule is CCOC(F)CC. The smallest absolute Gasteiger partial charge is 0.198 e. The molecule has 0 N–H and O–H groups in total. The van der Waals surface area contributed by atoms with Crippen molar-refractivity contribution in [2.24, 2.45) is 0 Å². The molecule has 0 aromatic carbocycles. The summed E-state index contributed by atoms with van der Waals surface area (Å²) in [4.78, 5) is 0. The molecule has 1 nitrogen and oxygen atoms in total. The number of halogens is 1. The van der Waals surface area contributed by atoms with Gasteiger partial charge in [0.05, 0.1) is 0 Å². The molecule has 0 spiro atoms. The Hall–Kier alpha value is -0.110. The number of ether oxygens (including phenoxy) is 1. The van der Waals surface area contributed by atoms with Gasteiger partial charge in [0.2, 0.25) is 0 Å². The van der Waals surface area contributed by atoms with Crippen LogP contribution in [0.5, 0.6) is 0 Å². The second-order valence-electron chi connectivity index (χ2n) is 1.27. The fourth-order valence-electron chi connectivity index (χ4n) is 0.299. The molecule has 0 radical (unpaired) electrons. The van der Waals surface area contributed by atoms with E-state index < -0.39 is 6.36 Å². The third kappa shape index (κ3) is 3.73. The zero-order valence-electron chi connectivity index (χ0n) is 4.78. The maximum absolute atomic E-state index is 11.9. The first-order valence-electron chi connectivity index (χ1n) is 2.57. The molecular formula is C5H11FO. The first-order chi connectivity index (χ1) is 3.31. The van der Waals surface area contributed by atoms with Crippen molar-refractivity contribution < 1.29 is 9.13 Å².